The lowest BCUT2D eigenvalue weighted by molar-refractivity contribution is -0.144. The van der Waals surface area contributed by atoms with Crippen molar-refractivity contribution in [2.75, 3.05) is 34.3 Å². The minimum Gasteiger partial charge on any atom is -0.491 e. The highest BCUT2D eigenvalue weighted by atomic mass is 16.5. The van der Waals surface area contributed by atoms with Crippen LogP contribution < -0.4 is 15.5 Å². The summed E-state index contributed by atoms with van der Waals surface area (Å²) >= 11 is 0. The van der Waals surface area contributed by atoms with Gasteiger partial charge in [-0.25, -0.2) is 0 Å². The van der Waals surface area contributed by atoms with Crippen LogP contribution in [0.2, 0.25) is 0 Å². The molecule has 1 N–H and O–H groups in total. The van der Waals surface area contributed by atoms with E-state index in [0.29, 0.717) is 30.8 Å². The number of hydrogen-bond donors (Lipinski definition) is 1. The number of ether oxygens (including phenoxy) is 1. The molecular formula is C18H24N4O5. The first-order valence-electron chi connectivity index (χ1n) is 8.87. The van der Waals surface area contributed by atoms with E-state index in [9.17, 15) is 19.2 Å². The molecule has 0 bridgehead atoms. The lowest BCUT2D eigenvalue weighted by atomic mass is 10.1. The van der Waals surface area contributed by atoms with Gasteiger partial charge in [-0.05, 0) is 20.3 Å². The van der Waals surface area contributed by atoms with Crippen LogP contribution in [-0.2, 0) is 9.59 Å². The number of amides is 3. The highest BCUT2D eigenvalue weighted by Crippen LogP contribution is 2.42. The molecule has 0 aromatic carbocycles. The molecule has 0 saturated carbocycles. The van der Waals surface area contributed by atoms with Crippen molar-refractivity contribution >= 4 is 17.7 Å². The lowest BCUT2D eigenvalue weighted by Crippen LogP contribution is -2.44. The van der Waals surface area contributed by atoms with Crippen LogP contribution in [0.5, 0.6) is 5.75 Å². The molecule has 3 heterocycles. The molecule has 3 rings (SSSR count). The Balaban J connectivity index is 2.13. The summed E-state index contributed by atoms with van der Waals surface area (Å²) in [7, 11) is 4.37. The summed E-state index contributed by atoms with van der Waals surface area (Å²) in [4.78, 5) is 52.7. The van der Waals surface area contributed by atoms with Crippen molar-refractivity contribution in [3.8, 4) is 5.75 Å². The van der Waals surface area contributed by atoms with Crippen LogP contribution in [0.4, 0.5) is 0 Å². The molecule has 2 atom stereocenters. The Kier molecular flexibility index (Phi) is 4.71. The lowest BCUT2D eigenvalue weighted by Gasteiger charge is -2.34. The van der Waals surface area contributed by atoms with E-state index in [1.807, 2.05) is 11.5 Å². The maximum atomic E-state index is 12.9. The maximum Gasteiger partial charge on any atom is 0.311 e. The maximum absolute atomic E-state index is 12.9. The zero-order valence-corrected chi connectivity index (χ0v) is 16.2. The molecule has 0 saturated heterocycles. The van der Waals surface area contributed by atoms with E-state index < -0.39 is 17.9 Å². The van der Waals surface area contributed by atoms with E-state index in [2.05, 4.69) is 5.32 Å². The van der Waals surface area contributed by atoms with Crippen LogP contribution in [0.3, 0.4) is 0 Å². The highest BCUT2D eigenvalue weighted by Gasteiger charge is 2.44. The number of aromatic nitrogens is 1. The number of nitrogens with one attached hydrogen (secondary N) is 1. The SMILES string of the molecule is CCN1CC2CC(NC(=O)C(=O)N(C)C)c3c(C)c(=O)c(OC)c(n32)C1=O. The molecule has 9 nitrogen and oxygen atoms in total. The standard InChI is InChI=1S/C18H24N4O5/c1-6-21-8-10-7-11(19-16(24)18(26)20(3)4)12-9(2)14(23)15(27-5)13(17(21)25)22(10)12/h10-11H,6-8H2,1-5H3,(H,19,24). The molecule has 1 aromatic heterocycles. The number of carbonyl (C=O) groups is 3. The van der Waals surface area contributed by atoms with Crippen molar-refractivity contribution in [3.05, 3.63) is 27.2 Å². The van der Waals surface area contributed by atoms with E-state index in [0.717, 1.165) is 0 Å². The van der Waals surface area contributed by atoms with Gasteiger partial charge in [-0.2, -0.15) is 0 Å². The summed E-state index contributed by atoms with van der Waals surface area (Å²) in [5.74, 6) is -1.64. The first kappa shape index (κ1) is 18.9. The number of likely N-dealkylation sites (N-methyl/N-ethyl adjacent to an activating group) is 2. The van der Waals surface area contributed by atoms with Gasteiger partial charge in [0.1, 0.15) is 0 Å². The third kappa shape index (κ3) is 2.77. The van der Waals surface area contributed by atoms with Gasteiger partial charge in [-0.1, -0.05) is 0 Å². The van der Waals surface area contributed by atoms with Gasteiger partial charge >= 0.3 is 11.8 Å². The van der Waals surface area contributed by atoms with E-state index in [4.69, 9.17) is 4.74 Å². The van der Waals surface area contributed by atoms with Crippen molar-refractivity contribution in [3.63, 3.8) is 0 Å². The summed E-state index contributed by atoms with van der Waals surface area (Å²) in [5.41, 5.74) is 0.837. The van der Waals surface area contributed by atoms with E-state index in [-0.39, 0.29) is 28.8 Å². The number of hydrogen-bond acceptors (Lipinski definition) is 5. The first-order valence-corrected chi connectivity index (χ1v) is 8.87. The normalized spacial score (nSPS) is 20.3. The first-order chi connectivity index (χ1) is 12.7. The summed E-state index contributed by atoms with van der Waals surface area (Å²) in [6, 6.07) is -0.617. The molecule has 1 aromatic rings. The predicted octanol–water partition coefficient (Wildman–Crippen LogP) is -0.169. The smallest absolute Gasteiger partial charge is 0.311 e. The minimum absolute atomic E-state index is 0.0285. The second kappa shape index (κ2) is 6.71. The molecular weight excluding hydrogens is 352 g/mol. The van der Waals surface area contributed by atoms with Crippen molar-refractivity contribution < 1.29 is 19.1 Å². The quantitative estimate of drug-likeness (QED) is 0.739. The summed E-state index contributed by atoms with van der Waals surface area (Å²) in [5, 5.41) is 2.73. The van der Waals surface area contributed by atoms with Crippen LogP contribution in [0.15, 0.2) is 4.79 Å². The fourth-order valence-electron chi connectivity index (χ4n) is 3.96. The number of methoxy groups -OCH3 is 1. The van der Waals surface area contributed by atoms with Crippen molar-refractivity contribution in [2.24, 2.45) is 0 Å². The molecule has 0 aliphatic carbocycles. The van der Waals surface area contributed by atoms with Crippen LogP contribution >= 0.6 is 0 Å². The summed E-state index contributed by atoms with van der Waals surface area (Å²) in [6.07, 6.45) is 0.497. The van der Waals surface area contributed by atoms with Crippen LogP contribution in [0.25, 0.3) is 0 Å². The van der Waals surface area contributed by atoms with Gasteiger partial charge in [-0.15, -0.1) is 0 Å². The zero-order valence-electron chi connectivity index (χ0n) is 16.2. The fraction of sp³-hybridized carbons (Fsp3) is 0.556. The molecule has 9 heteroatoms. The third-order valence-electron chi connectivity index (χ3n) is 5.26. The fourth-order valence-corrected chi connectivity index (χ4v) is 3.96. The molecule has 0 spiro atoms. The average molecular weight is 376 g/mol. The molecule has 2 aliphatic heterocycles. The van der Waals surface area contributed by atoms with Crippen LogP contribution in [-0.4, -0.2) is 66.4 Å². The van der Waals surface area contributed by atoms with Crippen molar-refractivity contribution in [1.82, 2.24) is 19.7 Å². The molecule has 146 valence electrons. The number of rotatable bonds is 3. The summed E-state index contributed by atoms with van der Waals surface area (Å²) < 4.78 is 7.09. The Morgan fingerprint density at radius 3 is 2.52 bits per heavy atom. The second-order valence-electron chi connectivity index (χ2n) is 7.05. The van der Waals surface area contributed by atoms with Gasteiger partial charge in [-0.3, -0.25) is 19.2 Å². The van der Waals surface area contributed by atoms with Crippen molar-refractivity contribution in [1.29, 1.82) is 0 Å². The molecule has 2 unspecified atom stereocenters. The van der Waals surface area contributed by atoms with E-state index in [1.54, 1.807) is 11.8 Å². The number of pyridine rings is 1. The highest BCUT2D eigenvalue weighted by molar-refractivity contribution is 6.34. The van der Waals surface area contributed by atoms with E-state index >= 15 is 0 Å². The molecule has 27 heavy (non-hydrogen) atoms. The van der Waals surface area contributed by atoms with Gasteiger partial charge in [0.05, 0.1) is 19.2 Å². The van der Waals surface area contributed by atoms with Gasteiger partial charge in [0.2, 0.25) is 5.43 Å². The number of nitrogens with zero attached hydrogens (tertiary/aromatic N) is 3. The average Bonchev–Trinajstić information content (AvgIpc) is 2.98. The van der Waals surface area contributed by atoms with Crippen LogP contribution in [0, 0.1) is 6.92 Å². The van der Waals surface area contributed by atoms with Gasteiger partial charge in [0.15, 0.2) is 11.4 Å². The zero-order chi connectivity index (χ0) is 20.0. The molecule has 0 radical (unpaired) electrons. The third-order valence-corrected chi connectivity index (χ3v) is 5.26. The molecule has 0 fully saturated rings. The Bertz CT molecular complexity index is 889. The van der Waals surface area contributed by atoms with E-state index in [1.165, 1.54) is 26.1 Å². The Morgan fingerprint density at radius 1 is 1.30 bits per heavy atom. The predicted molar refractivity (Wildman–Crippen MR) is 96.8 cm³/mol. The Labute approximate surface area is 156 Å². The second-order valence-corrected chi connectivity index (χ2v) is 7.05. The van der Waals surface area contributed by atoms with Gasteiger partial charge < -0.3 is 24.4 Å². The monoisotopic (exact) mass is 376 g/mol. The Hall–Kier alpha value is -2.84. The number of carbonyl (C=O) groups excluding carboxylic acids is 3. The molecule has 2 aliphatic rings. The summed E-state index contributed by atoms with van der Waals surface area (Å²) in [6.45, 7) is 4.51. The topological polar surface area (TPSA) is 101 Å². The van der Waals surface area contributed by atoms with Gasteiger partial charge in [0, 0.05) is 38.4 Å². The van der Waals surface area contributed by atoms with Crippen LogP contribution in [0.1, 0.15) is 47.2 Å². The van der Waals surface area contributed by atoms with Gasteiger partial charge in [0.25, 0.3) is 5.91 Å². The molecule has 3 amide bonds. The minimum atomic E-state index is -0.737. The Morgan fingerprint density at radius 2 is 1.96 bits per heavy atom. The largest absolute Gasteiger partial charge is 0.491 e. The van der Waals surface area contributed by atoms with Crippen molar-refractivity contribution in [2.45, 2.75) is 32.4 Å².